The second kappa shape index (κ2) is 7.67. The number of hydrogen-bond acceptors (Lipinski definition) is 4. The fourth-order valence-electron chi connectivity index (χ4n) is 1.31. The van der Waals surface area contributed by atoms with E-state index in [0.29, 0.717) is 31.9 Å². The van der Waals surface area contributed by atoms with Crippen LogP contribution in [0.4, 0.5) is 4.79 Å². The molecular weight excluding hydrogens is 238 g/mol. The number of nitrogens with one attached hydrogen (secondary N) is 3. The minimum absolute atomic E-state index is 0.135. The van der Waals surface area contributed by atoms with Crippen molar-refractivity contribution >= 4 is 11.9 Å². The normalized spacial score (nSPS) is 15.8. The molecule has 0 bridgehead atoms. The highest BCUT2D eigenvalue weighted by Gasteiger charge is 2.16. The molecule has 1 rings (SSSR count). The van der Waals surface area contributed by atoms with Crippen LogP contribution in [0.25, 0.3) is 0 Å². The lowest BCUT2D eigenvalue weighted by molar-refractivity contribution is -0.117. The van der Waals surface area contributed by atoms with Gasteiger partial charge in [-0.2, -0.15) is 0 Å². The van der Waals surface area contributed by atoms with E-state index in [1.807, 2.05) is 0 Å². The summed E-state index contributed by atoms with van der Waals surface area (Å²) in [6.45, 7) is 6.99. The third kappa shape index (κ3) is 5.65. The van der Waals surface area contributed by atoms with Crippen LogP contribution in [0.1, 0.15) is 6.92 Å². The number of carbonyl (C=O) groups excluding carboxylic acids is 2. The maximum Gasteiger partial charge on any atom is 0.315 e. The maximum absolute atomic E-state index is 11.4. The second-order valence-corrected chi connectivity index (χ2v) is 3.99. The number of rotatable bonds is 5. The first-order valence-electron chi connectivity index (χ1n) is 5.73. The predicted molar refractivity (Wildman–Crippen MR) is 64.9 cm³/mol. The van der Waals surface area contributed by atoms with Crippen molar-refractivity contribution in [2.75, 3.05) is 33.1 Å². The molecule has 3 N–H and O–H groups in total. The Morgan fingerprint density at radius 3 is 2.44 bits per heavy atom. The van der Waals surface area contributed by atoms with Crippen molar-refractivity contribution in [2.24, 2.45) is 0 Å². The lowest BCUT2D eigenvalue weighted by atomic mass is 10.3. The van der Waals surface area contributed by atoms with Crippen molar-refractivity contribution < 1.29 is 19.1 Å². The molecule has 0 atom stereocenters. The van der Waals surface area contributed by atoms with Crippen molar-refractivity contribution in [3.8, 4) is 0 Å². The lowest BCUT2D eigenvalue weighted by Gasteiger charge is -2.23. The molecule has 1 aliphatic heterocycles. The summed E-state index contributed by atoms with van der Waals surface area (Å²) in [5, 5.41) is 7.93. The van der Waals surface area contributed by atoms with Crippen LogP contribution in [-0.4, -0.2) is 51.1 Å². The van der Waals surface area contributed by atoms with E-state index in [9.17, 15) is 9.59 Å². The number of urea groups is 1. The molecule has 3 amide bonds. The Morgan fingerprint density at radius 1 is 1.22 bits per heavy atom. The average Bonchev–Trinajstić information content (AvgIpc) is 2.35. The van der Waals surface area contributed by atoms with Gasteiger partial charge >= 0.3 is 6.03 Å². The van der Waals surface area contributed by atoms with E-state index in [-0.39, 0.29) is 24.8 Å². The Morgan fingerprint density at radius 2 is 1.83 bits per heavy atom. The van der Waals surface area contributed by atoms with E-state index in [1.165, 1.54) is 0 Å². The van der Waals surface area contributed by atoms with Gasteiger partial charge in [0, 0.05) is 18.7 Å². The lowest BCUT2D eigenvalue weighted by Crippen LogP contribution is -2.49. The Labute approximate surface area is 106 Å². The minimum atomic E-state index is -0.307. The number of hydrogen-bond donors (Lipinski definition) is 3. The Kier molecular flexibility index (Phi) is 6.16. The largest absolute Gasteiger partial charge is 0.353 e. The first-order valence-corrected chi connectivity index (χ1v) is 5.73. The fourth-order valence-corrected chi connectivity index (χ4v) is 1.31. The molecule has 0 spiro atoms. The summed E-state index contributed by atoms with van der Waals surface area (Å²) < 4.78 is 10.1. The summed E-state index contributed by atoms with van der Waals surface area (Å²) in [5.41, 5.74) is 0.441. The zero-order chi connectivity index (χ0) is 13.4. The van der Waals surface area contributed by atoms with Crippen molar-refractivity contribution in [2.45, 2.75) is 13.0 Å². The summed E-state index contributed by atoms with van der Waals surface area (Å²) in [6, 6.07) is -0.442. The molecule has 1 fully saturated rings. The predicted octanol–water partition coefficient (Wildman–Crippen LogP) is -0.649. The summed E-state index contributed by atoms with van der Waals surface area (Å²) in [4.78, 5) is 22.6. The van der Waals surface area contributed by atoms with Crippen molar-refractivity contribution in [1.82, 2.24) is 16.0 Å². The van der Waals surface area contributed by atoms with Crippen molar-refractivity contribution in [1.29, 1.82) is 0 Å². The molecule has 102 valence electrons. The van der Waals surface area contributed by atoms with Gasteiger partial charge in [0.25, 0.3) is 0 Å². The molecular formula is C11H19N3O4. The first-order chi connectivity index (χ1) is 8.59. The molecule has 7 heteroatoms. The van der Waals surface area contributed by atoms with Crippen molar-refractivity contribution in [3.63, 3.8) is 0 Å². The van der Waals surface area contributed by atoms with E-state index in [2.05, 4.69) is 22.5 Å². The van der Waals surface area contributed by atoms with E-state index in [4.69, 9.17) is 9.47 Å². The van der Waals surface area contributed by atoms with E-state index in [1.54, 1.807) is 6.92 Å². The van der Waals surface area contributed by atoms with E-state index in [0.717, 1.165) is 0 Å². The van der Waals surface area contributed by atoms with Gasteiger partial charge in [-0.3, -0.25) is 4.79 Å². The third-order valence-electron chi connectivity index (χ3n) is 2.22. The van der Waals surface area contributed by atoms with Crippen molar-refractivity contribution in [3.05, 3.63) is 12.2 Å². The van der Waals surface area contributed by atoms with Crippen LogP contribution in [0, 0.1) is 0 Å². The van der Waals surface area contributed by atoms with Gasteiger partial charge in [-0.1, -0.05) is 6.58 Å². The SMILES string of the molecule is C=C(C)C(=O)NCCNC(=O)NC1COCOC1. The van der Waals surface area contributed by atoms with Gasteiger partial charge in [-0.05, 0) is 6.92 Å². The van der Waals surface area contributed by atoms with Crippen LogP contribution in [-0.2, 0) is 14.3 Å². The zero-order valence-corrected chi connectivity index (χ0v) is 10.5. The maximum atomic E-state index is 11.4. The molecule has 1 heterocycles. The van der Waals surface area contributed by atoms with Gasteiger partial charge in [0.2, 0.25) is 5.91 Å². The molecule has 0 unspecified atom stereocenters. The summed E-state index contributed by atoms with van der Waals surface area (Å²) in [6.07, 6.45) is 0. The van der Waals surface area contributed by atoms with Crippen LogP contribution in [0.15, 0.2) is 12.2 Å². The highest BCUT2D eigenvalue weighted by Crippen LogP contribution is 1.95. The van der Waals surface area contributed by atoms with Crippen LogP contribution >= 0.6 is 0 Å². The standard InChI is InChI=1S/C11H19N3O4/c1-8(2)10(15)12-3-4-13-11(16)14-9-5-17-7-18-6-9/h9H,1,3-7H2,2H3,(H,12,15)(H2,13,14,16). The highest BCUT2D eigenvalue weighted by atomic mass is 16.7. The molecule has 0 radical (unpaired) electrons. The summed E-state index contributed by atoms with van der Waals surface area (Å²) in [7, 11) is 0. The Bertz CT molecular complexity index is 313. The quantitative estimate of drug-likeness (QED) is 0.451. The second-order valence-electron chi connectivity index (χ2n) is 3.99. The monoisotopic (exact) mass is 257 g/mol. The Hall–Kier alpha value is -1.60. The molecule has 0 aromatic rings. The Balaban J connectivity index is 2.06. The van der Waals surface area contributed by atoms with Gasteiger partial charge in [0.15, 0.2) is 0 Å². The smallest absolute Gasteiger partial charge is 0.315 e. The van der Waals surface area contributed by atoms with Gasteiger partial charge in [0.05, 0.1) is 19.3 Å². The third-order valence-corrected chi connectivity index (χ3v) is 2.22. The van der Waals surface area contributed by atoms with E-state index >= 15 is 0 Å². The fraction of sp³-hybridized carbons (Fsp3) is 0.636. The van der Waals surface area contributed by atoms with Crippen LogP contribution in [0.3, 0.4) is 0 Å². The molecule has 0 saturated carbocycles. The molecule has 7 nitrogen and oxygen atoms in total. The molecule has 1 saturated heterocycles. The molecule has 0 aliphatic carbocycles. The molecule has 0 aromatic carbocycles. The van der Waals surface area contributed by atoms with Gasteiger partial charge in [-0.15, -0.1) is 0 Å². The van der Waals surface area contributed by atoms with Gasteiger partial charge in [-0.25, -0.2) is 4.79 Å². The number of amides is 3. The van der Waals surface area contributed by atoms with Gasteiger partial charge in [0.1, 0.15) is 6.79 Å². The van der Waals surface area contributed by atoms with Crippen LogP contribution < -0.4 is 16.0 Å². The number of ether oxygens (including phenoxy) is 2. The minimum Gasteiger partial charge on any atom is -0.353 e. The number of carbonyl (C=O) groups is 2. The molecule has 18 heavy (non-hydrogen) atoms. The average molecular weight is 257 g/mol. The highest BCUT2D eigenvalue weighted by molar-refractivity contribution is 5.92. The van der Waals surface area contributed by atoms with Crippen LogP contribution in [0.2, 0.25) is 0 Å². The topological polar surface area (TPSA) is 88.7 Å². The zero-order valence-electron chi connectivity index (χ0n) is 10.5. The summed E-state index contributed by atoms with van der Waals surface area (Å²) >= 11 is 0. The van der Waals surface area contributed by atoms with E-state index < -0.39 is 0 Å². The van der Waals surface area contributed by atoms with Crippen LogP contribution in [0.5, 0.6) is 0 Å². The summed E-state index contributed by atoms with van der Waals surface area (Å²) in [5.74, 6) is -0.216. The van der Waals surface area contributed by atoms with Gasteiger partial charge < -0.3 is 25.4 Å². The first kappa shape index (κ1) is 14.5. The molecule has 1 aliphatic rings. The molecule has 0 aromatic heterocycles.